The third kappa shape index (κ3) is 4.60. The van der Waals surface area contributed by atoms with Crippen molar-refractivity contribution >= 4 is 23.7 Å². The number of hydrogen-bond acceptors (Lipinski definition) is 5. The Morgan fingerprint density at radius 2 is 1.56 bits per heavy atom. The Morgan fingerprint density at radius 3 is 2.18 bits per heavy atom. The van der Waals surface area contributed by atoms with E-state index in [1.54, 1.807) is 0 Å². The molecule has 0 bridgehead atoms. The Morgan fingerprint density at radius 1 is 0.941 bits per heavy atom. The number of carboxylic acids is 1. The van der Waals surface area contributed by atoms with Gasteiger partial charge in [-0.1, -0.05) is 54.6 Å². The molecular formula is C25H21FN2O6. The van der Waals surface area contributed by atoms with Crippen molar-refractivity contribution in [2.24, 2.45) is 0 Å². The SMILES string of the molecule is O=C(Nc1cccc(C(=O)NCC(O)C(=O)O)c1F)OCC1c2ccccc2-c2ccccc21. The number of halogens is 1. The minimum Gasteiger partial charge on any atom is -0.479 e. The van der Waals surface area contributed by atoms with Crippen LogP contribution in [0.1, 0.15) is 27.4 Å². The molecule has 0 aliphatic heterocycles. The molecule has 1 aliphatic carbocycles. The molecule has 2 amide bonds. The van der Waals surface area contributed by atoms with Gasteiger partial charge in [0.1, 0.15) is 6.61 Å². The lowest BCUT2D eigenvalue weighted by atomic mass is 9.98. The van der Waals surface area contributed by atoms with Gasteiger partial charge in [0.25, 0.3) is 5.91 Å². The summed E-state index contributed by atoms with van der Waals surface area (Å²) in [5.74, 6) is -3.64. The number of fused-ring (bicyclic) bond motifs is 3. The van der Waals surface area contributed by atoms with Crippen molar-refractivity contribution in [1.82, 2.24) is 5.32 Å². The lowest BCUT2D eigenvalue weighted by Crippen LogP contribution is -2.36. The molecule has 174 valence electrons. The monoisotopic (exact) mass is 464 g/mol. The first-order chi connectivity index (χ1) is 16.4. The van der Waals surface area contributed by atoms with E-state index in [1.165, 1.54) is 18.2 Å². The number of nitrogens with one attached hydrogen (secondary N) is 2. The summed E-state index contributed by atoms with van der Waals surface area (Å²) in [5, 5.41) is 22.3. The molecule has 34 heavy (non-hydrogen) atoms. The van der Waals surface area contributed by atoms with Crippen LogP contribution in [0.5, 0.6) is 0 Å². The second kappa shape index (κ2) is 9.72. The zero-order chi connectivity index (χ0) is 24.2. The van der Waals surface area contributed by atoms with Crippen molar-refractivity contribution in [2.75, 3.05) is 18.5 Å². The first-order valence-electron chi connectivity index (χ1n) is 10.5. The molecule has 4 rings (SSSR count). The number of benzene rings is 3. The fourth-order valence-electron chi connectivity index (χ4n) is 3.92. The second-order valence-electron chi connectivity index (χ2n) is 7.68. The molecule has 0 spiro atoms. The average Bonchev–Trinajstić information content (AvgIpc) is 3.16. The predicted molar refractivity (Wildman–Crippen MR) is 121 cm³/mol. The predicted octanol–water partition coefficient (Wildman–Crippen LogP) is 3.36. The van der Waals surface area contributed by atoms with Gasteiger partial charge in [0, 0.05) is 5.92 Å². The van der Waals surface area contributed by atoms with Gasteiger partial charge >= 0.3 is 12.1 Å². The molecule has 0 fully saturated rings. The van der Waals surface area contributed by atoms with Gasteiger partial charge in [0.2, 0.25) is 0 Å². The van der Waals surface area contributed by atoms with Crippen molar-refractivity contribution in [2.45, 2.75) is 12.0 Å². The van der Waals surface area contributed by atoms with Crippen LogP contribution in [0.2, 0.25) is 0 Å². The van der Waals surface area contributed by atoms with E-state index in [2.05, 4.69) is 10.6 Å². The van der Waals surface area contributed by atoms with Gasteiger partial charge in [-0.2, -0.15) is 0 Å². The second-order valence-corrected chi connectivity index (χ2v) is 7.68. The molecule has 9 heteroatoms. The quantitative estimate of drug-likeness (QED) is 0.425. The number of amides is 2. The molecule has 0 radical (unpaired) electrons. The Kier molecular flexibility index (Phi) is 6.55. The number of anilines is 1. The van der Waals surface area contributed by atoms with Crippen LogP contribution < -0.4 is 10.6 Å². The first-order valence-corrected chi connectivity index (χ1v) is 10.5. The fraction of sp³-hybridized carbons (Fsp3) is 0.160. The largest absolute Gasteiger partial charge is 0.479 e. The van der Waals surface area contributed by atoms with Crippen molar-refractivity contribution in [1.29, 1.82) is 0 Å². The molecule has 4 N–H and O–H groups in total. The molecule has 3 aromatic carbocycles. The van der Waals surface area contributed by atoms with Crippen LogP contribution in [0.15, 0.2) is 66.7 Å². The van der Waals surface area contributed by atoms with Crippen molar-refractivity contribution in [3.63, 3.8) is 0 Å². The number of ether oxygens (including phenoxy) is 1. The number of aliphatic carboxylic acids is 1. The topological polar surface area (TPSA) is 125 Å². The van der Waals surface area contributed by atoms with E-state index in [4.69, 9.17) is 9.84 Å². The van der Waals surface area contributed by atoms with Crippen molar-refractivity contribution < 1.29 is 33.7 Å². The highest BCUT2D eigenvalue weighted by Gasteiger charge is 2.29. The van der Waals surface area contributed by atoms with E-state index >= 15 is 0 Å². The molecule has 0 saturated heterocycles. The maximum Gasteiger partial charge on any atom is 0.411 e. The molecule has 1 unspecified atom stereocenters. The number of aliphatic hydroxyl groups is 1. The number of carbonyl (C=O) groups is 3. The summed E-state index contributed by atoms with van der Waals surface area (Å²) < 4.78 is 20.2. The molecule has 0 heterocycles. The molecular weight excluding hydrogens is 443 g/mol. The van der Waals surface area contributed by atoms with Gasteiger partial charge in [-0.25, -0.2) is 14.0 Å². The number of hydrogen-bond donors (Lipinski definition) is 4. The Bertz CT molecular complexity index is 1220. The van der Waals surface area contributed by atoms with E-state index in [0.29, 0.717) is 0 Å². The summed E-state index contributed by atoms with van der Waals surface area (Å²) in [5.41, 5.74) is 3.52. The Hall–Kier alpha value is -4.24. The molecule has 8 nitrogen and oxygen atoms in total. The van der Waals surface area contributed by atoms with E-state index in [-0.39, 0.29) is 18.2 Å². The highest BCUT2D eigenvalue weighted by Crippen LogP contribution is 2.44. The smallest absolute Gasteiger partial charge is 0.411 e. The van der Waals surface area contributed by atoms with Gasteiger partial charge in [-0.05, 0) is 34.4 Å². The lowest BCUT2D eigenvalue weighted by molar-refractivity contribution is -0.146. The van der Waals surface area contributed by atoms with E-state index < -0.39 is 42.0 Å². The summed E-state index contributed by atoms with van der Waals surface area (Å²) in [4.78, 5) is 35.2. The third-order valence-electron chi connectivity index (χ3n) is 5.56. The highest BCUT2D eigenvalue weighted by atomic mass is 19.1. The van der Waals surface area contributed by atoms with E-state index in [1.807, 2.05) is 48.5 Å². The maximum atomic E-state index is 14.8. The van der Waals surface area contributed by atoms with Crippen molar-refractivity contribution in [3.05, 3.63) is 89.2 Å². The van der Waals surface area contributed by atoms with Crippen LogP contribution in [0.3, 0.4) is 0 Å². The van der Waals surface area contributed by atoms with Crippen molar-refractivity contribution in [3.8, 4) is 11.1 Å². The van der Waals surface area contributed by atoms with Gasteiger partial charge < -0.3 is 20.3 Å². The van der Waals surface area contributed by atoms with Gasteiger partial charge in [-0.3, -0.25) is 10.1 Å². The Labute approximate surface area is 194 Å². The summed E-state index contributed by atoms with van der Waals surface area (Å²) >= 11 is 0. The van der Waals surface area contributed by atoms with Crippen LogP contribution in [0.4, 0.5) is 14.9 Å². The number of rotatable bonds is 7. The summed E-state index contributed by atoms with van der Waals surface area (Å²) in [7, 11) is 0. The van der Waals surface area contributed by atoms with Gasteiger partial charge in [-0.15, -0.1) is 0 Å². The van der Waals surface area contributed by atoms with Gasteiger partial charge in [0.15, 0.2) is 11.9 Å². The Balaban J connectivity index is 1.42. The van der Waals surface area contributed by atoms with Crippen LogP contribution in [0, 0.1) is 5.82 Å². The van der Waals surface area contributed by atoms with E-state index in [9.17, 15) is 23.9 Å². The molecule has 1 aliphatic rings. The third-order valence-corrected chi connectivity index (χ3v) is 5.56. The normalized spacial score (nSPS) is 12.9. The number of aliphatic hydroxyl groups excluding tert-OH is 1. The fourth-order valence-corrected chi connectivity index (χ4v) is 3.92. The average molecular weight is 464 g/mol. The van der Waals surface area contributed by atoms with Crippen LogP contribution in [-0.4, -0.2) is 47.4 Å². The molecule has 0 saturated carbocycles. The molecule has 3 aromatic rings. The molecule has 1 atom stereocenters. The lowest BCUT2D eigenvalue weighted by Gasteiger charge is -2.15. The zero-order valence-electron chi connectivity index (χ0n) is 17.8. The highest BCUT2D eigenvalue weighted by molar-refractivity contribution is 5.97. The van der Waals surface area contributed by atoms with Crippen LogP contribution in [0.25, 0.3) is 11.1 Å². The number of carboxylic acid groups (broad SMARTS) is 1. The standard InChI is InChI=1S/C25H21FN2O6/c26-22-18(23(30)27-12-21(29)24(31)32)10-5-11-20(22)28-25(33)34-13-19-16-8-3-1-6-14(16)15-7-2-4-9-17(15)19/h1-11,19,21,29H,12-13H2,(H,27,30)(H,28,33)(H,31,32). The summed E-state index contributed by atoms with van der Waals surface area (Å²) in [6.07, 6.45) is -2.71. The minimum absolute atomic E-state index is 0.0364. The minimum atomic E-state index is -1.82. The summed E-state index contributed by atoms with van der Waals surface area (Å²) in [6.45, 7) is -0.563. The van der Waals surface area contributed by atoms with Gasteiger partial charge in [0.05, 0.1) is 17.8 Å². The molecule has 0 aromatic heterocycles. The first kappa shape index (κ1) is 22.9. The van der Waals surface area contributed by atoms with Crippen LogP contribution in [-0.2, 0) is 9.53 Å². The van der Waals surface area contributed by atoms with E-state index in [0.717, 1.165) is 22.3 Å². The zero-order valence-corrected chi connectivity index (χ0v) is 17.8. The van der Waals surface area contributed by atoms with Crippen LogP contribution >= 0.6 is 0 Å². The maximum absolute atomic E-state index is 14.8. The summed E-state index contributed by atoms with van der Waals surface area (Å²) in [6, 6.07) is 19.5. The number of carbonyl (C=O) groups excluding carboxylic acids is 2.